The minimum atomic E-state index is -3.60. The predicted molar refractivity (Wildman–Crippen MR) is 97.7 cm³/mol. The maximum Gasteiger partial charge on any atom is 0.243 e. The molecule has 1 fully saturated rings. The smallest absolute Gasteiger partial charge is 0.243 e. The summed E-state index contributed by atoms with van der Waals surface area (Å²) in [5.41, 5.74) is 0.992. The Balaban J connectivity index is 1.84. The standard InChI is InChI=1S/C18H25N3O3S/c1-13(2)19-18(22)15-5-4-9-21(12-15)25(23,24)16-6-7-17-14(11-16)8-10-20(17)3/h6-8,10-11,13,15H,4-5,9,12H2,1-3H3,(H,19,22)/t15-/m1/s1. The Morgan fingerprint density at radius 1 is 1.28 bits per heavy atom. The lowest BCUT2D eigenvalue weighted by Crippen LogP contribution is -2.46. The highest BCUT2D eigenvalue weighted by Crippen LogP contribution is 2.26. The minimum Gasteiger partial charge on any atom is -0.354 e. The fourth-order valence-corrected chi connectivity index (χ4v) is 4.91. The van der Waals surface area contributed by atoms with Gasteiger partial charge in [0.05, 0.1) is 10.8 Å². The number of aryl methyl sites for hydroxylation is 1. The van der Waals surface area contributed by atoms with Gasteiger partial charge in [0.1, 0.15) is 0 Å². The second-order valence-corrected chi connectivity index (χ2v) is 8.95. The first-order valence-electron chi connectivity index (χ1n) is 8.64. The number of carbonyl (C=O) groups is 1. The molecule has 1 aromatic carbocycles. The van der Waals surface area contributed by atoms with Crippen molar-refractivity contribution in [3.8, 4) is 0 Å². The van der Waals surface area contributed by atoms with Crippen LogP contribution >= 0.6 is 0 Å². The highest BCUT2D eigenvalue weighted by atomic mass is 32.2. The lowest BCUT2D eigenvalue weighted by atomic mass is 9.98. The van der Waals surface area contributed by atoms with E-state index in [1.807, 2.05) is 43.8 Å². The molecule has 6 nitrogen and oxygen atoms in total. The second-order valence-electron chi connectivity index (χ2n) is 7.01. The molecule has 1 amide bonds. The monoisotopic (exact) mass is 363 g/mol. The van der Waals surface area contributed by atoms with E-state index in [1.165, 1.54) is 4.31 Å². The number of amides is 1. The van der Waals surface area contributed by atoms with Gasteiger partial charge in [-0.1, -0.05) is 0 Å². The van der Waals surface area contributed by atoms with Gasteiger partial charge < -0.3 is 9.88 Å². The fourth-order valence-electron chi connectivity index (χ4n) is 3.35. The number of nitrogens with one attached hydrogen (secondary N) is 1. The van der Waals surface area contributed by atoms with Crippen molar-refractivity contribution >= 4 is 26.8 Å². The third-order valence-electron chi connectivity index (χ3n) is 4.68. The molecule has 0 saturated carbocycles. The van der Waals surface area contributed by atoms with Gasteiger partial charge in [-0.05, 0) is 51.0 Å². The minimum absolute atomic E-state index is 0.0555. The summed E-state index contributed by atoms with van der Waals surface area (Å²) in [7, 11) is -1.67. The Labute approximate surface area is 148 Å². The van der Waals surface area contributed by atoms with Gasteiger partial charge in [-0.15, -0.1) is 0 Å². The van der Waals surface area contributed by atoms with E-state index in [-0.39, 0.29) is 29.3 Å². The number of aromatic nitrogens is 1. The SMILES string of the molecule is CC(C)NC(=O)[C@@H]1CCCN(S(=O)(=O)c2ccc3c(ccn3C)c2)C1. The molecule has 1 N–H and O–H groups in total. The van der Waals surface area contributed by atoms with E-state index in [4.69, 9.17) is 0 Å². The molecule has 7 heteroatoms. The number of nitrogens with zero attached hydrogens (tertiary/aromatic N) is 2. The van der Waals surface area contributed by atoms with Crippen molar-refractivity contribution in [3.63, 3.8) is 0 Å². The zero-order valence-corrected chi connectivity index (χ0v) is 15.7. The van der Waals surface area contributed by atoms with Gasteiger partial charge in [0, 0.05) is 43.3 Å². The molecule has 2 aromatic rings. The first-order chi connectivity index (χ1) is 11.8. The summed E-state index contributed by atoms with van der Waals surface area (Å²) in [5, 5.41) is 3.79. The molecule has 1 atom stereocenters. The van der Waals surface area contributed by atoms with Crippen LogP contribution in [0.1, 0.15) is 26.7 Å². The molecule has 1 aromatic heterocycles. The zero-order chi connectivity index (χ0) is 18.2. The lowest BCUT2D eigenvalue weighted by Gasteiger charge is -2.31. The van der Waals surface area contributed by atoms with E-state index in [0.29, 0.717) is 13.0 Å². The Morgan fingerprint density at radius 2 is 2.04 bits per heavy atom. The Hall–Kier alpha value is -1.86. The average molecular weight is 363 g/mol. The van der Waals surface area contributed by atoms with Crippen LogP contribution in [-0.4, -0.2) is 42.3 Å². The third-order valence-corrected chi connectivity index (χ3v) is 6.54. The summed E-state index contributed by atoms with van der Waals surface area (Å²) < 4.78 is 29.4. The third kappa shape index (κ3) is 3.57. The number of piperidine rings is 1. The number of rotatable bonds is 4. The van der Waals surface area contributed by atoms with Crippen molar-refractivity contribution in [1.29, 1.82) is 0 Å². The van der Waals surface area contributed by atoms with Crippen molar-refractivity contribution in [2.75, 3.05) is 13.1 Å². The quantitative estimate of drug-likeness (QED) is 0.904. The summed E-state index contributed by atoms with van der Waals surface area (Å²) in [5.74, 6) is -0.347. The van der Waals surface area contributed by atoms with Crippen LogP contribution in [0.4, 0.5) is 0 Å². The first kappa shape index (κ1) is 17.9. The summed E-state index contributed by atoms with van der Waals surface area (Å²) in [6, 6.07) is 7.15. The van der Waals surface area contributed by atoms with Crippen molar-refractivity contribution in [3.05, 3.63) is 30.5 Å². The van der Waals surface area contributed by atoms with Gasteiger partial charge in [0.25, 0.3) is 0 Å². The molecule has 1 saturated heterocycles. The summed E-state index contributed by atoms with van der Waals surface area (Å²) >= 11 is 0. The predicted octanol–water partition coefficient (Wildman–Crippen LogP) is 2.10. The maximum absolute atomic E-state index is 13.0. The molecule has 2 heterocycles. The molecule has 0 bridgehead atoms. The molecule has 3 rings (SSSR count). The van der Waals surface area contributed by atoms with Crippen molar-refractivity contribution in [2.45, 2.75) is 37.6 Å². The molecule has 0 aliphatic carbocycles. The van der Waals surface area contributed by atoms with Gasteiger partial charge >= 0.3 is 0 Å². The van der Waals surface area contributed by atoms with Crippen molar-refractivity contribution in [2.24, 2.45) is 13.0 Å². The zero-order valence-electron chi connectivity index (χ0n) is 14.9. The fraction of sp³-hybridized carbons (Fsp3) is 0.500. The number of sulfonamides is 1. The highest BCUT2D eigenvalue weighted by Gasteiger charge is 2.33. The van der Waals surface area contributed by atoms with Crippen LogP contribution in [0.2, 0.25) is 0 Å². The second kappa shape index (κ2) is 6.80. The molecule has 1 aliphatic heterocycles. The molecule has 0 spiro atoms. The van der Waals surface area contributed by atoms with Crippen LogP contribution in [0.25, 0.3) is 10.9 Å². The van der Waals surface area contributed by atoms with Crippen LogP contribution in [0.5, 0.6) is 0 Å². The molecule has 1 aliphatic rings. The van der Waals surface area contributed by atoms with Crippen molar-refractivity contribution in [1.82, 2.24) is 14.2 Å². The van der Waals surface area contributed by atoms with E-state index >= 15 is 0 Å². The summed E-state index contributed by atoms with van der Waals surface area (Å²) in [4.78, 5) is 12.5. The van der Waals surface area contributed by atoms with Gasteiger partial charge in [-0.2, -0.15) is 4.31 Å². The van der Waals surface area contributed by atoms with E-state index < -0.39 is 10.0 Å². The van der Waals surface area contributed by atoms with Crippen LogP contribution in [0.3, 0.4) is 0 Å². The first-order valence-corrected chi connectivity index (χ1v) is 10.1. The molecular formula is C18H25N3O3S. The van der Waals surface area contributed by atoms with Gasteiger partial charge in [0.2, 0.25) is 15.9 Å². The molecule has 0 unspecified atom stereocenters. The Morgan fingerprint density at radius 3 is 2.76 bits per heavy atom. The number of hydrogen-bond acceptors (Lipinski definition) is 3. The number of hydrogen-bond donors (Lipinski definition) is 1. The van der Waals surface area contributed by atoms with Gasteiger partial charge in [-0.3, -0.25) is 4.79 Å². The summed E-state index contributed by atoms with van der Waals surface area (Å²) in [6.07, 6.45) is 3.33. The number of carbonyl (C=O) groups excluding carboxylic acids is 1. The van der Waals surface area contributed by atoms with Gasteiger partial charge in [0.15, 0.2) is 0 Å². The molecule has 25 heavy (non-hydrogen) atoms. The van der Waals surface area contributed by atoms with Crippen LogP contribution < -0.4 is 5.32 Å². The molecule has 136 valence electrons. The van der Waals surface area contributed by atoms with E-state index in [9.17, 15) is 13.2 Å². The van der Waals surface area contributed by atoms with E-state index in [1.54, 1.807) is 12.1 Å². The maximum atomic E-state index is 13.0. The molecular weight excluding hydrogens is 338 g/mol. The molecule has 0 radical (unpaired) electrons. The Bertz CT molecular complexity index is 886. The topological polar surface area (TPSA) is 71.4 Å². The van der Waals surface area contributed by atoms with Crippen molar-refractivity contribution < 1.29 is 13.2 Å². The van der Waals surface area contributed by atoms with E-state index in [0.717, 1.165) is 17.3 Å². The van der Waals surface area contributed by atoms with Crippen LogP contribution in [-0.2, 0) is 21.9 Å². The average Bonchev–Trinajstić information content (AvgIpc) is 2.95. The largest absolute Gasteiger partial charge is 0.354 e. The van der Waals surface area contributed by atoms with E-state index in [2.05, 4.69) is 5.32 Å². The highest BCUT2D eigenvalue weighted by molar-refractivity contribution is 7.89. The van der Waals surface area contributed by atoms with Gasteiger partial charge in [-0.25, -0.2) is 8.42 Å². The normalized spacial score (nSPS) is 19.4. The Kier molecular flexibility index (Phi) is 4.88. The number of benzene rings is 1. The number of fused-ring (bicyclic) bond motifs is 1. The summed E-state index contributed by atoms with van der Waals surface area (Å²) in [6.45, 7) is 4.52. The lowest BCUT2D eigenvalue weighted by molar-refractivity contribution is -0.126. The van der Waals surface area contributed by atoms with Crippen LogP contribution in [0.15, 0.2) is 35.4 Å². The van der Waals surface area contributed by atoms with Crippen LogP contribution in [0, 0.1) is 5.92 Å².